The summed E-state index contributed by atoms with van der Waals surface area (Å²) >= 11 is 0. The van der Waals surface area contributed by atoms with Crippen LogP contribution in [0.3, 0.4) is 0 Å². The van der Waals surface area contributed by atoms with Crippen molar-refractivity contribution in [1.82, 2.24) is 15.5 Å². The molecule has 1 aromatic rings. The molecule has 5 nitrogen and oxygen atoms in total. The molecule has 0 spiro atoms. The summed E-state index contributed by atoms with van der Waals surface area (Å²) in [6.45, 7) is 9.88. The van der Waals surface area contributed by atoms with Crippen molar-refractivity contribution in [2.24, 2.45) is 10.9 Å². The summed E-state index contributed by atoms with van der Waals surface area (Å²) < 4.78 is 5.40. The van der Waals surface area contributed by atoms with Crippen LogP contribution in [0.5, 0.6) is 5.75 Å². The number of benzene rings is 1. The molecule has 0 aromatic heterocycles. The zero-order chi connectivity index (χ0) is 18.8. The number of aliphatic imine (C=N–C) groups is 1. The summed E-state index contributed by atoms with van der Waals surface area (Å²) in [5.41, 5.74) is 2.45. The third kappa shape index (κ3) is 8.25. The van der Waals surface area contributed by atoms with Gasteiger partial charge in [-0.3, -0.25) is 4.99 Å². The molecule has 1 aromatic carbocycles. The average Bonchev–Trinajstić information content (AvgIpc) is 2.68. The molecule has 0 saturated carbocycles. The molecule has 2 rings (SSSR count). The Bertz CT molecular complexity index is 571. The number of nitrogens with zero attached hydrogens (tertiary/aromatic N) is 2. The van der Waals surface area contributed by atoms with E-state index < -0.39 is 0 Å². The summed E-state index contributed by atoms with van der Waals surface area (Å²) in [5.74, 6) is 2.71. The van der Waals surface area contributed by atoms with Crippen molar-refractivity contribution in [2.75, 3.05) is 46.9 Å². The molecule has 27 heavy (non-hydrogen) atoms. The molecule has 154 valence electrons. The second-order valence-electron chi connectivity index (χ2n) is 7.15. The Morgan fingerprint density at radius 2 is 1.93 bits per heavy atom. The maximum absolute atomic E-state index is 5.40. The minimum atomic E-state index is 0. The number of ether oxygens (including phenoxy) is 1. The Morgan fingerprint density at radius 1 is 1.22 bits per heavy atom. The molecule has 0 aliphatic carbocycles. The molecule has 0 atom stereocenters. The highest BCUT2D eigenvalue weighted by Gasteiger charge is 2.17. The fourth-order valence-corrected chi connectivity index (χ4v) is 3.55. The number of likely N-dealkylation sites (tertiary alicyclic amines) is 1. The van der Waals surface area contributed by atoms with E-state index in [9.17, 15) is 0 Å². The maximum atomic E-state index is 5.40. The fourth-order valence-electron chi connectivity index (χ4n) is 3.55. The molecule has 1 aliphatic rings. The van der Waals surface area contributed by atoms with Crippen molar-refractivity contribution >= 4 is 29.9 Å². The number of methoxy groups -OCH3 is 1. The Kier molecular flexibility index (Phi) is 11.7. The van der Waals surface area contributed by atoms with Crippen LogP contribution >= 0.6 is 24.0 Å². The van der Waals surface area contributed by atoms with Crippen LogP contribution in [0.15, 0.2) is 23.2 Å². The number of hydrogen-bond donors (Lipinski definition) is 2. The second kappa shape index (κ2) is 13.2. The van der Waals surface area contributed by atoms with Gasteiger partial charge in [0.2, 0.25) is 0 Å². The normalized spacial score (nSPS) is 15.9. The maximum Gasteiger partial charge on any atom is 0.190 e. The Hall–Kier alpha value is -1.02. The third-order valence-corrected chi connectivity index (χ3v) is 5.40. The number of rotatable bonds is 8. The van der Waals surface area contributed by atoms with E-state index in [4.69, 9.17) is 4.74 Å². The number of aryl methyl sites for hydroxylation is 1. The van der Waals surface area contributed by atoms with E-state index >= 15 is 0 Å². The van der Waals surface area contributed by atoms with Crippen LogP contribution in [-0.4, -0.2) is 57.7 Å². The lowest BCUT2D eigenvalue weighted by Gasteiger charge is -2.31. The van der Waals surface area contributed by atoms with Crippen LogP contribution in [0.1, 0.15) is 37.3 Å². The van der Waals surface area contributed by atoms with E-state index in [0.717, 1.165) is 37.1 Å². The van der Waals surface area contributed by atoms with Crippen LogP contribution in [0, 0.1) is 12.8 Å². The highest BCUT2D eigenvalue weighted by molar-refractivity contribution is 14.0. The highest BCUT2D eigenvalue weighted by atomic mass is 127. The standard InChI is InChI=1S/C21H36N4O.HI/c1-5-25-14-10-18(11-15-25)8-12-23-21(22-3)24-13-9-19-7-6-17(2)20(16-19)26-4;/h6-7,16,18H,5,8-15H2,1-4H3,(H2,22,23,24);1H. The molecule has 1 heterocycles. The summed E-state index contributed by atoms with van der Waals surface area (Å²) in [6.07, 6.45) is 4.84. The monoisotopic (exact) mass is 488 g/mol. The van der Waals surface area contributed by atoms with Crippen LogP contribution in [0.2, 0.25) is 0 Å². The lowest BCUT2D eigenvalue weighted by molar-refractivity contribution is 0.187. The molecule has 1 aliphatic heterocycles. The van der Waals surface area contributed by atoms with Gasteiger partial charge in [0, 0.05) is 20.1 Å². The fraction of sp³-hybridized carbons (Fsp3) is 0.667. The van der Waals surface area contributed by atoms with Crippen LogP contribution in [0.25, 0.3) is 0 Å². The predicted molar refractivity (Wildman–Crippen MR) is 126 cm³/mol. The summed E-state index contributed by atoms with van der Waals surface area (Å²) in [6, 6.07) is 6.40. The molecule has 2 N–H and O–H groups in total. The van der Waals surface area contributed by atoms with Gasteiger partial charge in [0.15, 0.2) is 5.96 Å². The molecule has 0 bridgehead atoms. The van der Waals surface area contributed by atoms with Crippen molar-refractivity contribution < 1.29 is 4.74 Å². The third-order valence-electron chi connectivity index (χ3n) is 5.40. The summed E-state index contributed by atoms with van der Waals surface area (Å²) in [5, 5.41) is 6.87. The molecule has 1 saturated heterocycles. The molecule has 0 unspecified atom stereocenters. The smallest absolute Gasteiger partial charge is 0.190 e. The zero-order valence-corrected chi connectivity index (χ0v) is 19.7. The Morgan fingerprint density at radius 3 is 2.56 bits per heavy atom. The van der Waals surface area contributed by atoms with Crippen LogP contribution < -0.4 is 15.4 Å². The first-order chi connectivity index (χ1) is 12.7. The van der Waals surface area contributed by atoms with E-state index in [1.165, 1.54) is 50.0 Å². The van der Waals surface area contributed by atoms with Gasteiger partial charge < -0.3 is 20.3 Å². The molecule has 1 fully saturated rings. The molecule has 0 radical (unpaired) electrons. The first-order valence-electron chi connectivity index (χ1n) is 9.96. The minimum Gasteiger partial charge on any atom is -0.496 e. The van der Waals surface area contributed by atoms with Gasteiger partial charge in [-0.2, -0.15) is 0 Å². The number of hydrogen-bond acceptors (Lipinski definition) is 3. The van der Waals surface area contributed by atoms with E-state index in [2.05, 4.69) is 52.6 Å². The van der Waals surface area contributed by atoms with Gasteiger partial charge >= 0.3 is 0 Å². The van der Waals surface area contributed by atoms with Gasteiger partial charge in [-0.1, -0.05) is 19.1 Å². The van der Waals surface area contributed by atoms with Gasteiger partial charge in [-0.25, -0.2) is 0 Å². The van der Waals surface area contributed by atoms with Gasteiger partial charge in [0.25, 0.3) is 0 Å². The quantitative estimate of drug-likeness (QED) is 0.335. The zero-order valence-electron chi connectivity index (χ0n) is 17.4. The number of nitrogens with one attached hydrogen (secondary N) is 2. The second-order valence-corrected chi connectivity index (χ2v) is 7.15. The lowest BCUT2D eigenvalue weighted by atomic mass is 9.93. The number of guanidine groups is 1. The lowest BCUT2D eigenvalue weighted by Crippen LogP contribution is -2.40. The van der Waals surface area contributed by atoms with E-state index in [-0.39, 0.29) is 24.0 Å². The predicted octanol–water partition coefficient (Wildman–Crippen LogP) is 3.45. The van der Waals surface area contributed by atoms with Gasteiger partial charge in [0.05, 0.1) is 7.11 Å². The SMILES string of the molecule is CCN1CCC(CCNC(=NC)NCCc2ccc(C)c(OC)c2)CC1.I. The van der Waals surface area contributed by atoms with E-state index in [0.29, 0.717) is 0 Å². The van der Waals surface area contributed by atoms with E-state index in [1.807, 2.05) is 7.05 Å². The van der Waals surface area contributed by atoms with Crippen molar-refractivity contribution in [3.8, 4) is 5.75 Å². The van der Waals surface area contributed by atoms with Gasteiger partial charge in [0.1, 0.15) is 5.75 Å². The molecule has 0 amide bonds. The van der Waals surface area contributed by atoms with E-state index in [1.54, 1.807) is 7.11 Å². The minimum absolute atomic E-state index is 0. The van der Waals surface area contributed by atoms with Gasteiger partial charge in [-0.05, 0) is 75.4 Å². The first kappa shape index (κ1) is 24.0. The number of piperidine rings is 1. The van der Waals surface area contributed by atoms with Crippen molar-refractivity contribution in [1.29, 1.82) is 0 Å². The topological polar surface area (TPSA) is 48.9 Å². The van der Waals surface area contributed by atoms with Gasteiger partial charge in [-0.15, -0.1) is 24.0 Å². The largest absolute Gasteiger partial charge is 0.496 e. The first-order valence-corrected chi connectivity index (χ1v) is 9.96. The highest BCUT2D eigenvalue weighted by Crippen LogP contribution is 2.20. The molecular weight excluding hydrogens is 451 g/mol. The van der Waals surface area contributed by atoms with Crippen molar-refractivity contribution in [3.05, 3.63) is 29.3 Å². The Balaban J connectivity index is 0.00000364. The molecular formula is C21H37IN4O. The van der Waals surface area contributed by atoms with Crippen LogP contribution in [-0.2, 0) is 6.42 Å². The summed E-state index contributed by atoms with van der Waals surface area (Å²) in [7, 11) is 3.56. The van der Waals surface area contributed by atoms with Crippen molar-refractivity contribution in [2.45, 2.75) is 39.5 Å². The van der Waals surface area contributed by atoms with Crippen molar-refractivity contribution in [3.63, 3.8) is 0 Å². The average molecular weight is 488 g/mol. The molecule has 6 heteroatoms. The summed E-state index contributed by atoms with van der Waals surface area (Å²) in [4.78, 5) is 6.88. The van der Waals surface area contributed by atoms with Crippen LogP contribution in [0.4, 0.5) is 0 Å². The number of halogens is 1. The Labute approximate surface area is 182 Å².